The summed E-state index contributed by atoms with van der Waals surface area (Å²) >= 11 is 0. The lowest BCUT2D eigenvalue weighted by molar-refractivity contribution is 0.0694. The summed E-state index contributed by atoms with van der Waals surface area (Å²) in [6.45, 7) is 1.71. The largest absolute Gasteiger partial charge is 0.478 e. The van der Waals surface area contributed by atoms with Gasteiger partial charge in [-0.25, -0.2) is 4.79 Å². The average Bonchev–Trinajstić information content (AvgIpc) is 2.02. The fourth-order valence-electron chi connectivity index (χ4n) is 1.44. The third-order valence-corrected chi connectivity index (χ3v) is 2.30. The van der Waals surface area contributed by atoms with Gasteiger partial charge in [0.2, 0.25) is 0 Å². The maximum Gasteiger partial charge on any atom is 0.336 e. The first-order chi connectivity index (χ1) is 6.29. The Morgan fingerprint density at radius 2 is 2.38 bits per heavy atom. The first-order valence-corrected chi connectivity index (χ1v) is 4.17. The van der Waals surface area contributed by atoms with Crippen LogP contribution in [0.3, 0.4) is 0 Å². The Bertz CT molecular complexity index is 334. The van der Waals surface area contributed by atoms with Gasteiger partial charge >= 0.3 is 5.97 Å². The molecule has 2 rings (SSSR count). The smallest absolute Gasteiger partial charge is 0.336 e. The Kier molecular flexibility index (Phi) is 1.98. The maximum absolute atomic E-state index is 10.8. The summed E-state index contributed by atoms with van der Waals surface area (Å²) in [7, 11) is 0. The number of carbonyl (C=O) groups is 1. The van der Waals surface area contributed by atoms with Gasteiger partial charge in [-0.1, -0.05) is 0 Å². The van der Waals surface area contributed by atoms with Gasteiger partial charge in [0, 0.05) is 31.4 Å². The van der Waals surface area contributed by atoms with Crippen LogP contribution in [0.2, 0.25) is 0 Å². The average molecular weight is 178 g/mol. The van der Waals surface area contributed by atoms with E-state index < -0.39 is 5.97 Å². The number of carboxylic acids is 1. The molecule has 0 radical (unpaired) electrons. The predicted molar refractivity (Wildman–Crippen MR) is 46.8 cm³/mol. The summed E-state index contributed by atoms with van der Waals surface area (Å²) in [5.41, 5.74) is 1.22. The fraction of sp³-hybridized carbons (Fsp3) is 0.333. The normalized spacial score (nSPS) is 16.6. The van der Waals surface area contributed by atoms with E-state index >= 15 is 0 Å². The Morgan fingerprint density at radius 1 is 1.62 bits per heavy atom. The highest BCUT2D eigenvalue weighted by Gasteiger charge is 2.23. The number of aromatic nitrogens is 1. The van der Waals surface area contributed by atoms with Crippen molar-refractivity contribution in [2.24, 2.45) is 0 Å². The zero-order valence-corrected chi connectivity index (χ0v) is 7.03. The summed E-state index contributed by atoms with van der Waals surface area (Å²) < 4.78 is 0. The molecule has 68 valence electrons. The second kappa shape index (κ2) is 3.14. The van der Waals surface area contributed by atoms with Crippen LogP contribution < -0.4 is 5.32 Å². The van der Waals surface area contributed by atoms with Gasteiger partial charge in [-0.15, -0.1) is 0 Å². The van der Waals surface area contributed by atoms with E-state index in [0.717, 1.165) is 18.7 Å². The van der Waals surface area contributed by atoms with Crippen LogP contribution in [-0.4, -0.2) is 29.1 Å². The summed E-state index contributed by atoms with van der Waals surface area (Å²) in [6.07, 6.45) is 3.16. The number of hydrogen-bond acceptors (Lipinski definition) is 3. The molecule has 0 saturated carbocycles. The van der Waals surface area contributed by atoms with Crippen LogP contribution in [0.15, 0.2) is 18.5 Å². The molecule has 0 amide bonds. The van der Waals surface area contributed by atoms with Gasteiger partial charge in [0.15, 0.2) is 0 Å². The third-order valence-electron chi connectivity index (χ3n) is 2.30. The van der Waals surface area contributed by atoms with E-state index in [-0.39, 0.29) is 0 Å². The lowest BCUT2D eigenvalue weighted by Crippen LogP contribution is -2.40. The van der Waals surface area contributed by atoms with Crippen molar-refractivity contribution in [3.63, 3.8) is 0 Å². The van der Waals surface area contributed by atoms with Crippen molar-refractivity contribution in [1.29, 1.82) is 0 Å². The molecule has 4 heteroatoms. The summed E-state index contributed by atoms with van der Waals surface area (Å²) in [5.74, 6) is -0.552. The van der Waals surface area contributed by atoms with Crippen LogP contribution in [0.25, 0.3) is 0 Å². The van der Waals surface area contributed by atoms with E-state index in [9.17, 15) is 4.79 Å². The first-order valence-electron chi connectivity index (χ1n) is 4.17. The van der Waals surface area contributed by atoms with Crippen LogP contribution >= 0.6 is 0 Å². The second-order valence-electron chi connectivity index (χ2n) is 3.12. The molecule has 1 aromatic rings. The minimum Gasteiger partial charge on any atom is -0.478 e. The van der Waals surface area contributed by atoms with Crippen molar-refractivity contribution in [3.05, 3.63) is 29.6 Å². The lowest BCUT2D eigenvalue weighted by atomic mass is 9.91. The van der Waals surface area contributed by atoms with Gasteiger partial charge in [0.05, 0.1) is 5.56 Å². The number of nitrogens with one attached hydrogen (secondary N) is 1. The van der Waals surface area contributed by atoms with Crippen LogP contribution in [0.5, 0.6) is 0 Å². The molecule has 1 aliphatic rings. The molecule has 1 aromatic heterocycles. The Balaban J connectivity index is 2.36. The second-order valence-corrected chi connectivity index (χ2v) is 3.12. The molecular formula is C9H10N2O2. The van der Waals surface area contributed by atoms with Crippen LogP contribution in [-0.2, 0) is 0 Å². The molecule has 0 atom stereocenters. The van der Waals surface area contributed by atoms with Crippen LogP contribution in [0, 0.1) is 0 Å². The topological polar surface area (TPSA) is 62.2 Å². The third kappa shape index (κ3) is 1.40. The van der Waals surface area contributed by atoms with Gasteiger partial charge in [-0.05, 0) is 11.6 Å². The highest BCUT2D eigenvalue weighted by atomic mass is 16.4. The van der Waals surface area contributed by atoms with Crippen LogP contribution in [0.4, 0.5) is 0 Å². The van der Waals surface area contributed by atoms with Gasteiger partial charge in [0.25, 0.3) is 0 Å². The van der Waals surface area contributed by atoms with Gasteiger partial charge in [0.1, 0.15) is 0 Å². The highest BCUT2D eigenvalue weighted by Crippen LogP contribution is 2.22. The molecule has 2 N–H and O–H groups in total. The molecule has 4 nitrogen and oxygen atoms in total. The van der Waals surface area contributed by atoms with Gasteiger partial charge in [-0.2, -0.15) is 0 Å². The SMILES string of the molecule is O=C(O)c1ccncc1C1CNC1. The minimum atomic E-state index is -0.871. The van der Waals surface area contributed by atoms with Crippen molar-refractivity contribution in [1.82, 2.24) is 10.3 Å². The molecule has 13 heavy (non-hydrogen) atoms. The van der Waals surface area contributed by atoms with Crippen molar-refractivity contribution < 1.29 is 9.90 Å². The number of aromatic carboxylic acids is 1. The molecule has 0 aromatic carbocycles. The van der Waals surface area contributed by atoms with Crippen LogP contribution in [0.1, 0.15) is 21.8 Å². The molecular weight excluding hydrogens is 168 g/mol. The Labute approximate surface area is 75.6 Å². The summed E-state index contributed by atoms with van der Waals surface area (Å²) in [6, 6.07) is 1.55. The Morgan fingerprint density at radius 3 is 2.92 bits per heavy atom. The standard InChI is InChI=1S/C9H10N2O2/c12-9(13)7-1-2-10-5-8(7)6-3-11-4-6/h1-2,5-6,11H,3-4H2,(H,12,13). The predicted octanol–water partition coefficient (Wildman–Crippen LogP) is 0.467. The quantitative estimate of drug-likeness (QED) is 0.691. The van der Waals surface area contributed by atoms with Crippen molar-refractivity contribution in [2.75, 3.05) is 13.1 Å². The zero-order valence-electron chi connectivity index (χ0n) is 7.03. The van der Waals surface area contributed by atoms with Gasteiger partial charge in [-0.3, -0.25) is 4.98 Å². The molecule has 2 heterocycles. The van der Waals surface area contributed by atoms with Crippen molar-refractivity contribution in [3.8, 4) is 0 Å². The number of carboxylic acid groups (broad SMARTS) is 1. The number of hydrogen-bond donors (Lipinski definition) is 2. The molecule has 0 aliphatic carbocycles. The van der Waals surface area contributed by atoms with E-state index in [2.05, 4.69) is 10.3 Å². The fourth-order valence-corrected chi connectivity index (χ4v) is 1.44. The summed E-state index contributed by atoms with van der Waals surface area (Å²) in [5, 5.41) is 12.0. The monoisotopic (exact) mass is 178 g/mol. The van der Waals surface area contributed by atoms with E-state index in [1.54, 1.807) is 12.3 Å². The maximum atomic E-state index is 10.8. The van der Waals surface area contributed by atoms with E-state index in [1.165, 1.54) is 6.20 Å². The Hall–Kier alpha value is -1.42. The minimum absolute atomic E-state index is 0.319. The van der Waals surface area contributed by atoms with Crippen molar-refractivity contribution in [2.45, 2.75) is 5.92 Å². The lowest BCUT2D eigenvalue weighted by Gasteiger charge is -2.28. The highest BCUT2D eigenvalue weighted by molar-refractivity contribution is 5.89. The van der Waals surface area contributed by atoms with Gasteiger partial charge < -0.3 is 10.4 Å². The molecule has 0 unspecified atom stereocenters. The van der Waals surface area contributed by atoms with E-state index in [1.807, 2.05) is 0 Å². The van der Waals surface area contributed by atoms with E-state index in [4.69, 9.17) is 5.11 Å². The van der Waals surface area contributed by atoms with Crippen molar-refractivity contribution >= 4 is 5.97 Å². The van der Waals surface area contributed by atoms with E-state index in [0.29, 0.717) is 11.5 Å². The summed E-state index contributed by atoms with van der Waals surface area (Å²) in [4.78, 5) is 14.8. The number of rotatable bonds is 2. The molecule has 0 bridgehead atoms. The first kappa shape index (κ1) is 8.19. The number of nitrogens with zero attached hydrogens (tertiary/aromatic N) is 1. The molecule has 1 saturated heterocycles. The zero-order chi connectivity index (χ0) is 9.26. The number of pyridine rings is 1. The molecule has 1 fully saturated rings. The molecule has 1 aliphatic heterocycles. The molecule has 0 spiro atoms.